The first kappa shape index (κ1) is 14.1. The number of methoxy groups -OCH3 is 1. The molecule has 0 bridgehead atoms. The SMILES string of the molecule is CCc1cc(Cc2ccc(OC)cc2)cc(C(N)=O)c1. The van der Waals surface area contributed by atoms with Crippen LogP contribution < -0.4 is 10.5 Å². The molecule has 2 rings (SSSR count). The monoisotopic (exact) mass is 269 g/mol. The van der Waals surface area contributed by atoms with E-state index in [4.69, 9.17) is 10.5 Å². The van der Waals surface area contributed by atoms with E-state index in [2.05, 4.69) is 13.0 Å². The molecule has 0 unspecified atom stereocenters. The molecular formula is C17H19NO2. The van der Waals surface area contributed by atoms with Gasteiger partial charge in [0.05, 0.1) is 7.11 Å². The Labute approximate surface area is 119 Å². The average Bonchev–Trinajstić information content (AvgIpc) is 2.47. The van der Waals surface area contributed by atoms with Crippen LogP contribution in [0.25, 0.3) is 0 Å². The lowest BCUT2D eigenvalue weighted by Crippen LogP contribution is -2.12. The van der Waals surface area contributed by atoms with Crippen molar-refractivity contribution in [3.05, 3.63) is 64.7 Å². The van der Waals surface area contributed by atoms with Gasteiger partial charge >= 0.3 is 0 Å². The van der Waals surface area contributed by atoms with Crippen LogP contribution in [-0.4, -0.2) is 13.0 Å². The molecule has 0 saturated heterocycles. The van der Waals surface area contributed by atoms with Crippen LogP contribution in [0.5, 0.6) is 5.75 Å². The highest BCUT2D eigenvalue weighted by Crippen LogP contribution is 2.17. The number of nitrogens with two attached hydrogens (primary N) is 1. The first-order valence-electron chi connectivity index (χ1n) is 6.68. The lowest BCUT2D eigenvalue weighted by Gasteiger charge is -2.08. The second-order valence-corrected chi connectivity index (χ2v) is 4.78. The molecule has 0 aliphatic rings. The Morgan fingerprint density at radius 1 is 1.05 bits per heavy atom. The highest BCUT2D eigenvalue weighted by atomic mass is 16.5. The van der Waals surface area contributed by atoms with E-state index in [0.717, 1.165) is 29.7 Å². The number of ether oxygens (including phenoxy) is 1. The van der Waals surface area contributed by atoms with Crippen LogP contribution in [0, 0.1) is 0 Å². The van der Waals surface area contributed by atoms with E-state index in [1.165, 1.54) is 5.56 Å². The number of hydrogen-bond acceptors (Lipinski definition) is 2. The fraction of sp³-hybridized carbons (Fsp3) is 0.235. The van der Waals surface area contributed by atoms with Gasteiger partial charge in [-0.1, -0.05) is 25.1 Å². The molecule has 2 N–H and O–H groups in total. The van der Waals surface area contributed by atoms with Crippen LogP contribution in [0.2, 0.25) is 0 Å². The van der Waals surface area contributed by atoms with Gasteiger partial charge in [0.1, 0.15) is 5.75 Å². The highest BCUT2D eigenvalue weighted by Gasteiger charge is 2.06. The van der Waals surface area contributed by atoms with Gasteiger partial charge in [0.25, 0.3) is 0 Å². The predicted octanol–water partition coefficient (Wildman–Crippen LogP) is 2.95. The molecule has 104 valence electrons. The maximum Gasteiger partial charge on any atom is 0.248 e. The summed E-state index contributed by atoms with van der Waals surface area (Å²) in [4.78, 5) is 11.4. The van der Waals surface area contributed by atoms with Crippen molar-refractivity contribution in [2.75, 3.05) is 7.11 Å². The van der Waals surface area contributed by atoms with E-state index in [1.54, 1.807) is 7.11 Å². The van der Waals surface area contributed by atoms with Crippen LogP contribution in [-0.2, 0) is 12.8 Å². The van der Waals surface area contributed by atoms with Crippen molar-refractivity contribution in [1.82, 2.24) is 0 Å². The fourth-order valence-electron chi connectivity index (χ4n) is 2.19. The molecule has 3 nitrogen and oxygen atoms in total. The second-order valence-electron chi connectivity index (χ2n) is 4.78. The Balaban J connectivity index is 2.27. The minimum atomic E-state index is -0.378. The number of amides is 1. The second kappa shape index (κ2) is 6.24. The number of hydrogen-bond donors (Lipinski definition) is 1. The Kier molecular flexibility index (Phi) is 4.41. The van der Waals surface area contributed by atoms with E-state index in [9.17, 15) is 4.79 Å². The number of aryl methyl sites for hydroxylation is 1. The van der Waals surface area contributed by atoms with Gasteiger partial charge in [-0.2, -0.15) is 0 Å². The van der Waals surface area contributed by atoms with Gasteiger partial charge in [0.2, 0.25) is 5.91 Å². The first-order chi connectivity index (χ1) is 9.62. The molecule has 0 aliphatic heterocycles. The zero-order valence-electron chi connectivity index (χ0n) is 11.8. The summed E-state index contributed by atoms with van der Waals surface area (Å²) < 4.78 is 5.15. The third-order valence-electron chi connectivity index (χ3n) is 3.31. The van der Waals surface area contributed by atoms with Crippen molar-refractivity contribution in [3.8, 4) is 5.75 Å². The molecule has 0 spiro atoms. The summed E-state index contributed by atoms with van der Waals surface area (Å²) in [5.41, 5.74) is 9.36. The van der Waals surface area contributed by atoms with Crippen molar-refractivity contribution < 1.29 is 9.53 Å². The molecule has 1 amide bonds. The third kappa shape index (κ3) is 3.38. The van der Waals surface area contributed by atoms with Crippen LogP contribution in [0.1, 0.15) is 34.0 Å². The number of carbonyl (C=O) groups excluding carboxylic acids is 1. The van der Waals surface area contributed by atoms with Crippen molar-refractivity contribution in [1.29, 1.82) is 0 Å². The van der Waals surface area contributed by atoms with E-state index < -0.39 is 0 Å². The molecule has 0 fully saturated rings. The molecule has 0 heterocycles. The van der Waals surface area contributed by atoms with E-state index in [-0.39, 0.29) is 5.91 Å². The van der Waals surface area contributed by atoms with Gasteiger partial charge in [-0.25, -0.2) is 0 Å². The normalized spacial score (nSPS) is 10.3. The van der Waals surface area contributed by atoms with E-state index in [1.807, 2.05) is 36.4 Å². The maximum atomic E-state index is 11.4. The number of primary amides is 1. The molecule has 3 heteroatoms. The minimum Gasteiger partial charge on any atom is -0.497 e. The van der Waals surface area contributed by atoms with Crippen LogP contribution in [0.3, 0.4) is 0 Å². The highest BCUT2D eigenvalue weighted by molar-refractivity contribution is 5.93. The predicted molar refractivity (Wildman–Crippen MR) is 80.1 cm³/mol. The molecule has 0 aromatic heterocycles. The zero-order valence-corrected chi connectivity index (χ0v) is 11.8. The Bertz CT molecular complexity index is 603. The van der Waals surface area contributed by atoms with E-state index in [0.29, 0.717) is 5.56 Å². The van der Waals surface area contributed by atoms with Crippen LogP contribution in [0.4, 0.5) is 0 Å². The Hall–Kier alpha value is -2.29. The fourth-order valence-corrected chi connectivity index (χ4v) is 2.19. The van der Waals surface area contributed by atoms with Crippen molar-refractivity contribution in [2.45, 2.75) is 19.8 Å². The van der Waals surface area contributed by atoms with Crippen molar-refractivity contribution in [3.63, 3.8) is 0 Å². The Morgan fingerprint density at radius 3 is 2.25 bits per heavy atom. The van der Waals surface area contributed by atoms with Gasteiger partial charge in [0, 0.05) is 5.56 Å². The standard InChI is InChI=1S/C17H19NO2/c1-3-12-8-14(11-15(10-12)17(18)19)9-13-4-6-16(20-2)7-5-13/h4-8,10-11H,3,9H2,1-2H3,(H2,18,19). The summed E-state index contributed by atoms with van der Waals surface area (Å²) in [5.74, 6) is 0.463. The van der Waals surface area contributed by atoms with Crippen molar-refractivity contribution in [2.24, 2.45) is 5.73 Å². The summed E-state index contributed by atoms with van der Waals surface area (Å²) >= 11 is 0. The zero-order chi connectivity index (χ0) is 14.5. The number of benzene rings is 2. The van der Waals surface area contributed by atoms with Crippen LogP contribution >= 0.6 is 0 Å². The smallest absolute Gasteiger partial charge is 0.248 e. The Morgan fingerprint density at radius 2 is 1.70 bits per heavy atom. The van der Waals surface area contributed by atoms with Gasteiger partial charge in [-0.3, -0.25) is 4.79 Å². The number of carbonyl (C=O) groups is 1. The average molecular weight is 269 g/mol. The lowest BCUT2D eigenvalue weighted by atomic mass is 9.98. The summed E-state index contributed by atoms with van der Waals surface area (Å²) in [6.07, 6.45) is 1.66. The summed E-state index contributed by atoms with van der Waals surface area (Å²) in [6, 6.07) is 13.8. The van der Waals surface area contributed by atoms with E-state index >= 15 is 0 Å². The van der Waals surface area contributed by atoms with Crippen LogP contribution in [0.15, 0.2) is 42.5 Å². The molecule has 0 aliphatic carbocycles. The summed E-state index contributed by atoms with van der Waals surface area (Å²) in [7, 11) is 1.65. The summed E-state index contributed by atoms with van der Waals surface area (Å²) in [5, 5.41) is 0. The molecule has 2 aromatic rings. The molecule has 2 aromatic carbocycles. The van der Waals surface area contributed by atoms with Gasteiger partial charge in [0.15, 0.2) is 0 Å². The molecule has 0 radical (unpaired) electrons. The third-order valence-corrected chi connectivity index (χ3v) is 3.31. The first-order valence-corrected chi connectivity index (χ1v) is 6.68. The van der Waals surface area contributed by atoms with Crippen molar-refractivity contribution >= 4 is 5.91 Å². The largest absolute Gasteiger partial charge is 0.497 e. The maximum absolute atomic E-state index is 11.4. The number of rotatable bonds is 5. The molecule has 0 atom stereocenters. The van der Waals surface area contributed by atoms with Gasteiger partial charge < -0.3 is 10.5 Å². The topological polar surface area (TPSA) is 52.3 Å². The molecular weight excluding hydrogens is 250 g/mol. The molecule has 20 heavy (non-hydrogen) atoms. The van der Waals surface area contributed by atoms with Gasteiger partial charge in [-0.05, 0) is 53.8 Å². The lowest BCUT2D eigenvalue weighted by molar-refractivity contribution is 0.1000. The molecule has 0 saturated carbocycles. The quantitative estimate of drug-likeness (QED) is 0.907. The minimum absolute atomic E-state index is 0.378. The summed E-state index contributed by atoms with van der Waals surface area (Å²) in [6.45, 7) is 2.07. The van der Waals surface area contributed by atoms with Gasteiger partial charge in [-0.15, -0.1) is 0 Å².